The number of carbonyl (C=O) groups excluding carboxylic acids is 1. The molecular formula is C22H19ClF4N4O. The van der Waals surface area contributed by atoms with Gasteiger partial charge in [0.25, 0.3) is 5.91 Å². The molecule has 0 unspecified atom stereocenters. The maximum Gasteiger partial charge on any atom is 0.410 e. The Labute approximate surface area is 186 Å². The quantitative estimate of drug-likeness (QED) is 0.476. The lowest BCUT2D eigenvalue weighted by atomic mass is 9.97. The van der Waals surface area contributed by atoms with E-state index in [9.17, 15) is 22.4 Å². The third-order valence-corrected chi connectivity index (χ3v) is 5.79. The Morgan fingerprint density at radius 2 is 1.84 bits per heavy atom. The Morgan fingerprint density at radius 1 is 1.19 bits per heavy atom. The van der Waals surface area contributed by atoms with Crippen molar-refractivity contribution in [3.63, 3.8) is 0 Å². The zero-order valence-electron chi connectivity index (χ0n) is 16.8. The van der Waals surface area contributed by atoms with Crippen molar-refractivity contribution in [1.82, 2.24) is 15.1 Å². The predicted octanol–water partition coefficient (Wildman–Crippen LogP) is 5.83. The summed E-state index contributed by atoms with van der Waals surface area (Å²) in [5.74, 6) is -1.28. The van der Waals surface area contributed by atoms with Gasteiger partial charge in [0.1, 0.15) is 16.7 Å². The van der Waals surface area contributed by atoms with E-state index in [4.69, 9.17) is 11.6 Å². The lowest BCUT2D eigenvalue weighted by Gasteiger charge is -2.33. The van der Waals surface area contributed by atoms with Crippen molar-refractivity contribution in [2.75, 3.05) is 5.32 Å². The average Bonchev–Trinajstić information content (AvgIpc) is 3.10. The van der Waals surface area contributed by atoms with Crippen LogP contribution < -0.4 is 10.6 Å². The van der Waals surface area contributed by atoms with Crippen molar-refractivity contribution in [2.45, 2.75) is 37.6 Å². The summed E-state index contributed by atoms with van der Waals surface area (Å²) in [6, 6.07) is 11.1. The molecule has 5 nitrogen and oxygen atoms in total. The lowest BCUT2D eigenvalue weighted by Crippen LogP contribution is -2.36. The van der Waals surface area contributed by atoms with Gasteiger partial charge in [-0.2, -0.15) is 18.3 Å². The van der Waals surface area contributed by atoms with Gasteiger partial charge < -0.3 is 10.6 Å². The van der Waals surface area contributed by atoms with Gasteiger partial charge in [-0.15, -0.1) is 0 Å². The molecule has 1 amide bonds. The molecule has 0 spiro atoms. The Hall–Kier alpha value is -3.07. The third kappa shape index (κ3) is 4.29. The van der Waals surface area contributed by atoms with Crippen molar-refractivity contribution in [3.8, 4) is 0 Å². The number of anilines is 1. The van der Waals surface area contributed by atoms with Crippen molar-refractivity contribution in [2.24, 2.45) is 0 Å². The van der Waals surface area contributed by atoms with Crippen LogP contribution in [-0.4, -0.2) is 21.9 Å². The molecule has 4 rings (SSSR count). The number of hydrogen-bond donors (Lipinski definition) is 2. The van der Waals surface area contributed by atoms with E-state index in [2.05, 4.69) is 15.7 Å². The average molecular weight is 467 g/mol. The summed E-state index contributed by atoms with van der Waals surface area (Å²) >= 11 is 6.33. The molecule has 10 heteroatoms. The van der Waals surface area contributed by atoms with Gasteiger partial charge in [0.15, 0.2) is 11.7 Å². The molecule has 0 fully saturated rings. The number of amides is 1. The molecule has 1 aliphatic heterocycles. The fourth-order valence-electron chi connectivity index (χ4n) is 3.74. The second-order valence-corrected chi connectivity index (χ2v) is 7.98. The SMILES string of the molecule is C[C@H](NC(=O)c1nn2c(c1Cl)N[C@@H](c1ccc(F)cc1)C[C@H]2C(F)(F)F)c1ccccc1. The number of nitrogens with one attached hydrogen (secondary N) is 2. The van der Waals surface area contributed by atoms with Crippen molar-refractivity contribution >= 4 is 23.3 Å². The number of benzene rings is 2. The summed E-state index contributed by atoms with van der Waals surface area (Å²) in [5, 5.41) is 9.36. The Bertz CT molecular complexity index is 1120. The van der Waals surface area contributed by atoms with E-state index < -0.39 is 36.0 Å². The molecule has 2 heterocycles. The zero-order chi connectivity index (χ0) is 23.0. The Kier molecular flexibility index (Phi) is 5.85. The van der Waals surface area contributed by atoms with Crippen LogP contribution in [0, 0.1) is 5.82 Å². The van der Waals surface area contributed by atoms with Crippen LogP contribution in [0.3, 0.4) is 0 Å². The Balaban J connectivity index is 1.66. The maximum absolute atomic E-state index is 13.9. The fourth-order valence-corrected chi connectivity index (χ4v) is 4.00. The molecule has 0 saturated carbocycles. The van der Waals surface area contributed by atoms with Crippen molar-refractivity contribution < 1.29 is 22.4 Å². The number of nitrogens with zero attached hydrogens (tertiary/aromatic N) is 2. The lowest BCUT2D eigenvalue weighted by molar-refractivity contribution is -0.173. The normalized spacial score (nSPS) is 19.1. The number of fused-ring (bicyclic) bond motifs is 1. The van der Waals surface area contributed by atoms with Gasteiger partial charge in [-0.05, 0) is 30.2 Å². The first-order valence-electron chi connectivity index (χ1n) is 9.87. The van der Waals surface area contributed by atoms with Crippen molar-refractivity contribution in [1.29, 1.82) is 0 Å². The zero-order valence-corrected chi connectivity index (χ0v) is 17.6. The number of alkyl halides is 3. The molecule has 0 aliphatic carbocycles. The van der Waals surface area contributed by atoms with Gasteiger partial charge >= 0.3 is 6.18 Å². The highest BCUT2D eigenvalue weighted by Gasteiger charge is 2.47. The summed E-state index contributed by atoms with van der Waals surface area (Å²) in [6.45, 7) is 1.75. The summed E-state index contributed by atoms with van der Waals surface area (Å²) in [5.41, 5.74) is 0.988. The molecule has 0 bridgehead atoms. The molecule has 3 atom stereocenters. The van der Waals surface area contributed by atoms with Gasteiger partial charge in [-0.1, -0.05) is 54.1 Å². The number of halogens is 5. The van der Waals surface area contributed by atoms with Gasteiger partial charge in [0.2, 0.25) is 0 Å². The van der Waals surface area contributed by atoms with E-state index in [1.165, 1.54) is 24.3 Å². The molecule has 1 aromatic heterocycles. The van der Waals surface area contributed by atoms with E-state index in [-0.39, 0.29) is 23.0 Å². The molecule has 32 heavy (non-hydrogen) atoms. The predicted molar refractivity (Wildman–Crippen MR) is 112 cm³/mol. The van der Waals surface area contributed by atoms with Crippen LogP contribution in [0.1, 0.15) is 53.1 Å². The minimum absolute atomic E-state index is 0.105. The monoisotopic (exact) mass is 466 g/mol. The first-order chi connectivity index (χ1) is 15.1. The number of carbonyl (C=O) groups is 1. The summed E-state index contributed by atoms with van der Waals surface area (Å²) < 4.78 is 55.5. The van der Waals surface area contributed by atoms with Crippen LogP contribution in [0.15, 0.2) is 54.6 Å². The number of hydrogen-bond acceptors (Lipinski definition) is 3. The van der Waals surface area contributed by atoms with Crippen LogP contribution in [-0.2, 0) is 0 Å². The minimum atomic E-state index is -4.63. The molecule has 2 aromatic carbocycles. The van der Waals surface area contributed by atoms with E-state index in [1.54, 1.807) is 6.92 Å². The molecule has 1 aliphatic rings. The first kappa shape index (κ1) is 22.1. The number of rotatable bonds is 4. The molecular weight excluding hydrogens is 448 g/mol. The summed E-state index contributed by atoms with van der Waals surface area (Å²) in [7, 11) is 0. The standard InChI is InChI=1S/C22H19ClF4N4O/c1-12(13-5-3-2-4-6-13)28-21(32)19-18(23)20-29-16(14-7-9-15(24)10-8-14)11-17(22(25,26)27)31(20)30-19/h2-10,12,16-17,29H,11H2,1H3,(H,28,32)/t12-,16+,17-/m0/s1. The molecule has 0 radical (unpaired) electrons. The number of aromatic nitrogens is 2. The second-order valence-electron chi connectivity index (χ2n) is 7.60. The smallest absolute Gasteiger partial charge is 0.362 e. The van der Waals surface area contributed by atoms with Crippen LogP contribution in [0.25, 0.3) is 0 Å². The molecule has 3 aromatic rings. The third-order valence-electron chi connectivity index (χ3n) is 5.43. The van der Waals surface area contributed by atoms with E-state index >= 15 is 0 Å². The van der Waals surface area contributed by atoms with Gasteiger partial charge in [0.05, 0.1) is 12.1 Å². The van der Waals surface area contributed by atoms with Crippen LogP contribution in [0.2, 0.25) is 5.02 Å². The van der Waals surface area contributed by atoms with E-state index in [0.29, 0.717) is 10.2 Å². The van der Waals surface area contributed by atoms with Crippen LogP contribution in [0.4, 0.5) is 23.4 Å². The Morgan fingerprint density at radius 3 is 2.47 bits per heavy atom. The van der Waals surface area contributed by atoms with Crippen LogP contribution >= 0.6 is 11.6 Å². The van der Waals surface area contributed by atoms with Crippen molar-refractivity contribution in [3.05, 3.63) is 82.3 Å². The highest BCUT2D eigenvalue weighted by Crippen LogP contribution is 2.46. The molecule has 168 valence electrons. The van der Waals surface area contributed by atoms with E-state index in [1.807, 2.05) is 30.3 Å². The minimum Gasteiger partial charge on any atom is -0.362 e. The second kappa shape index (κ2) is 8.46. The topological polar surface area (TPSA) is 59.0 Å². The summed E-state index contributed by atoms with van der Waals surface area (Å²) in [6.07, 6.45) is -5.02. The molecule has 0 saturated heterocycles. The maximum atomic E-state index is 13.9. The van der Waals surface area contributed by atoms with E-state index in [0.717, 1.165) is 5.56 Å². The van der Waals surface area contributed by atoms with Crippen LogP contribution in [0.5, 0.6) is 0 Å². The largest absolute Gasteiger partial charge is 0.410 e. The fraction of sp³-hybridized carbons (Fsp3) is 0.273. The highest BCUT2D eigenvalue weighted by atomic mass is 35.5. The summed E-state index contributed by atoms with van der Waals surface area (Å²) in [4.78, 5) is 12.8. The van der Waals surface area contributed by atoms with Gasteiger partial charge in [-0.25, -0.2) is 9.07 Å². The molecule has 2 N–H and O–H groups in total. The highest BCUT2D eigenvalue weighted by molar-refractivity contribution is 6.36. The first-order valence-corrected chi connectivity index (χ1v) is 10.3. The van der Waals surface area contributed by atoms with Gasteiger partial charge in [0, 0.05) is 6.42 Å². The van der Waals surface area contributed by atoms with Gasteiger partial charge in [-0.3, -0.25) is 4.79 Å².